The van der Waals surface area contributed by atoms with Gasteiger partial charge in [-0.05, 0) is 46.9 Å². The second kappa shape index (κ2) is 3.71. The van der Waals surface area contributed by atoms with Gasteiger partial charge in [0.1, 0.15) is 0 Å². The Kier molecular flexibility index (Phi) is 2.57. The van der Waals surface area contributed by atoms with Crippen LogP contribution in [0.1, 0.15) is 23.6 Å². The van der Waals surface area contributed by atoms with Crippen LogP contribution in [0.4, 0.5) is 0 Å². The van der Waals surface area contributed by atoms with Crippen molar-refractivity contribution in [2.45, 2.75) is 26.9 Å². The van der Waals surface area contributed by atoms with E-state index in [0.717, 1.165) is 12.0 Å². The minimum atomic E-state index is 0.139. The Hall–Kier alpha value is -0.860. The Morgan fingerprint density at radius 2 is 2.14 bits per heavy atom. The molecule has 0 aliphatic rings. The Labute approximate surface area is 88.0 Å². The Morgan fingerprint density at radius 3 is 2.79 bits per heavy atom. The van der Waals surface area contributed by atoms with Crippen molar-refractivity contribution in [1.82, 2.24) is 0 Å². The molecule has 0 atom stereocenters. The number of aryl methyl sites for hydroxylation is 2. The summed E-state index contributed by atoms with van der Waals surface area (Å²) in [6, 6.07) is 4.20. The summed E-state index contributed by atoms with van der Waals surface area (Å²) < 4.78 is 1.30. The molecule has 0 bridgehead atoms. The SMILES string of the molecule is CCc1cc(CO)cc2scc(C)c12. The van der Waals surface area contributed by atoms with Crippen molar-refractivity contribution in [3.8, 4) is 0 Å². The molecule has 1 aromatic heterocycles. The van der Waals surface area contributed by atoms with E-state index in [2.05, 4.69) is 31.4 Å². The van der Waals surface area contributed by atoms with Gasteiger partial charge < -0.3 is 5.11 Å². The third-order valence-corrected chi connectivity index (χ3v) is 3.61. The number of rotatable bonds is 2. The van der Waals surface area contributed by atoms with Crippen LogP contribution in [0, 0.1) is 6.92 Å². The fourth-order valence-electron chi connectivity index (χ4n) is 1.86. The van der Waals surface area contributed by atoms with Gasteiger partial charge in [-0.15, -0.1) is 11.3 Å². The highest BCUT2D eigenvalue weighted by Gasteiger charge is 2.06. The van der Waals surface area contributed by atoms with Crippen LogP contribution in [0.25, 0.3) is 10.1 Å². The van der Waals surface area contributed by atoms with Gasteiger partial charge in [0, 0.05) is 4.70 Å². The molecule has 1 nitrogen and oxygen atoms in total. The first kappa shape index (κ1) is 9.69. The lowest BCUT2D eigenvalue weighted by Crippen LogP contribution is -1.88. The lowest BCUT2D eigenvalue weighted by atomic mass is 10.0. The normalized spacial score (nSPS) is 11.1. The van der Waals surface area contributed by atoms with Gasteiger partial charge in [-0.2, -0.15) is 0 Å². The summed E-state index contributed by atoms with van der Waals surface area (Å²) in [4.78, 5) is 0. The molecule has 2 aromatic rings. The molecule has 1 heterocycles. The summed E-state index contributed by atoms with van der Waals surface area (Å²) >= 11 is 1.76. The van der Waals surface area contributed by atoms with Crippen LogP contribution in [0.2, 0.25) is 0 Å². The van der Waals surface area contributed by atoms with Crippen LogP contribution < -0.4 is 0 Å². The first-order chi connectivity index (χ1) is 6.76. The number of aliphatic hydroxyl groups is 1. The van der Waals surface area contributed by atoms with Gasteiger partial charge in [0.2, 0.25) is 0 Å². The molecular weight excluding hydrogens is 192 g/mol. The largest absolute Gasteiger partial charge is 0.392 e. The summed E-state index contributed by atoms with van der Waals surface area (Å²) in [5.74, 6) is 0. The zero-order chi connectivity index (χ0) is 10.1. The fraction of sp³-hybridized carbons (Fsp3) is 0.333. The average molecular weight is 206 g/mol. The Bertz CT molecular complexity index is 457. The molecule has 14 heavy (non-hydrogen) atoms. The van der Waals surface area contributed by atoms with E-state index < -0.39 is 0 Å². The number of thiophene rings is 1. The quantitative estimate of drug-likeness (QED) is 0.799. The summed E-state index contributed by atoms with van der Waals surface area (Å²) in [6.07, 6.45) is 1.03. The zero-order valence-corrected chi connectivity index (χ0v) is 9.32. The summed E-state index contributed by atoms with van der Waals surface area (Å²) in [7, 11) is 0. The van der Waals surface area contributed by atoms with E-state index in [1.807, 2.05) is 0 Å². The molecule has 1 aromatic carbocycles. The second-order valence-corrected chi connectivity index (χ2v) is 4.47. The molecule has 2 rings (SSSR count). The molecule has 0 saturated heterocycles. The molecule has 0 radical (unpaired) electrons. The first-order valence-corrected chi connectivity index (χ1v) is 5.74. The van der Waals surface area contributed by atoms with Gasteiger partial charge in [-0.3, -0.25) is 0 Å². The molecule has 0 saturated carbocycles. The van der Waals surface area contributed by atoms with Crippen molar-refractivity contribution in [2.75, 3.05) is 0 Å². The summed E-state index contributed by atoms with van der Waals surface area (Å²) in [6.45, 7) is 4.45. The summed E-state index contributed by atoms with van der Waals surface area (Å²) in [5.41, 5.74) is 3.73. The van der Waals surface area contributed by atoms with Crippen LogP contribution in [-0.2, 0) is 13.0 Å². The number of hydrogen-bond donors (Lipinski definition) is 1. The van der Waals surface area contributed by atoms with Gasteiger partial charge >= 0.3 is 0 Å². The minimum absolute atomic E-state index is 0.139. The van der Waals surface area contributed by atoms with Crippen LogP contribution in [0.5, 0.6) is 0 Å². The number of benzene rings is 1. The van der Waals surface area contributed by atoms with Crippen LogP contribution in [0.15, 0.2) is 17.5 Å². The van der Waals surface area contributed by atoms with Crippen molar-refractivity contribution in [2.24, 2.45) is 0 Å². The molecule has 0 unspecified atom stereocenters. The molecular formula is C12H14OS. The molecule has 0 fully saturated rings. The fourth-order valence-corrected chi connectivity index (χ4v) is 2.91. The lowest BCUT2D eigenvalue weighted by Gasteiger charge is -2.04. The second-order valence-electron chi connectivity index (χ2n) is 3.56. The Balaban J connectivity index is 2.76. The number of aliphatic hydroxyl groups excluding tert-OH is 1. The first-order valence-electron chi connectivity index (χ1n) is 4.86. The summed E-state index contributed by atoms with van der Waals surface area (Å²) in [5, 5.41) is 12.7. The highest BCUT2D eigenvalue weighted by molar-refractivity contribution is 7.17. The molecule has 0 amide bonds. The predicted molar refractivity (Wildman–Crippen MR) is 61.9 cm³/mol. The highest BCUT2D eigenvalue weighted by Crippen LogP contribution is 2.30. The maximum Gasteiger partial charge on any atom is 0.0682 e. The van der Waals surface area contributed by atoms with Crippen molar-refractivity contribution >= 4 is 21.4 Å². The van der Waals surface area contributed by atoms with Gasteiger partial charge in [0.15, 0.2) is 0 Å². The van der Waals surface area contributed by atoms with E-state index in [-0.39, 0.29) is 6.61 Å². The van der Waals surface area contributed by atoms with Crippen LogP contribution >= 0.6 is 11.3 Å². The molecule has 0 spiro atoms. The third-order valence-electron chi connectivity index (χ3n) is 2.56. The monoisotopic (exact) mass is 206 g/mol. The smallest absolute Gasteiger partial charge is 0.0682 e. The molecule has 0 aliphatic carbocycles. The van der Waals surface area contributed by atoms with Crippen molar-refractivity contribution in [1.29, 1.82) is 0 Å². The maximum atomic E-state index is 9.13. The third kappa shape index (κ3) is 1.45. The van der Waals surface area contributed by atoms with E-state index in [9.17, 15) is 0 Å². The van der Waals surface area contributed by atoms with E-state index in [0.29, 0.717) is 0 Å². The van der Waals surface area contributed by atoms with Crippen molar-refractivity contribution in [3.05, 3.63) is 34.2 Å². The maximum absolute atomic E-state index is 9.13. The van der Waals surface area contributed by atoms with Gasteiger partial charge in [-0.25, -0.2) is 0 Å². The van der Waals surface area contributed by atoms with E-state index >= 15 is 0 Å². The molecule has 2 heteroatoms. The van der Waals surface area contributed by atoms with Gasteiger partial charge in [-0.1, -0.05) is 13.0 Å². The molecule has 74 valence electrons. The zero-order valence-electron chi connectivity index (χ0n) is 8.50. The van der Waals surface area contributed by atoms with Gasteiger partial charge in [0.05, 0.1) is 6.61 Å². The molecule has 1 N–H and O–H groups in total. The standard InChI is InChI=1S/C12H14OS/c1-3-10-4-9(6-13)5-11-12(10)8(2)7-14-11/h4-5,7,13H,3,6H2,1-2H3. The number of fused-ring (bicyclic) bond motifs is 1. The average Bonchev–Trinajstić information content (AvgIpc) is 2.59. The van der Waals surface area contributed by atoms with Gasteiger partial charge in [0.25, 0.3) is 0 Å². The lowest BCUT2D eigenvalue weighted by molar-refractivity contribution is 0.282. The Morgan fingerprint density at radius 1 is 1.36 bits per heavy atom. The number of hydrogen-bond acceptors (Lipinski definition) is 2. The predicted octanol–water partition coefficient (Wildman–Crippen LogP) is 3.26. The van der Waals surface area contributed by atoms with E-state index in [4.69, 9.17) is 5.11 Å². The topological polar surface area (TPSA) is 20.2 Å². The van der Waals surface area contributed by atoms with Crippen molar-refractivity contribution < 1.29 is 5.11 Å². The minimum Gasteiger partial charge on any atom is -0.392 e. The van der Waals surface area contributed by atoms with E-state index in [1.54, 1.807) is 11.3 Å². The van der Waals surface area contributed by atoms with Crippen LogP contribution in [0.3, 0.4) is 0 Å². The highest BCUT2D eigenvalue weighted by atomic mass is 32.1. The molecule has 0 aliphatic heterocycles. The van der Waals surface area contributed by atoms with E-state index in [1.165, 1.54) is 21.2 Å². The van der Waals surface area contributed by atoms with Crippen LogP contribution in [-0.4, -0.2) is 5.11 Å². The van der Waals surface area contributed by atoms with Crippen molar-refractivity contribution in [3.63, 3.8) is 0 Å².